The number of primary amides is 1. The molecular formula is C15H14N4O. The highest BCUT2D eigenvalue weighted by Crippen LogP contribution is 2.27. The van der Waals surface area contributed by atoms with E-state index in [0.717, 1.165) is 23.3 Å². The number of pyridine rings is 1. The fourth-order valence-corrected chi connectivity index (χ4v) is 2.32. The Hall–Kier alpha value is -2.69. The Bertz CT molecular complexity index is 777. The molecule has 2 N–H and O–H groups in total. The summed E-state index contributed by atoms with van der Waals surface area (Å²) in [5.74, 6) is -0.489. The zero-order chi connectivity index (χ0) is 14.1. The molecule has 0 aliphatic heterocycles. The highest BCUT2D eigenvalue weighted by atomic mass is 16.1. The van der Waals surface area contributed by atoms with Crippen LogP contribution in [-0.4, -0.2) is 20.4 Å². The lowest BCUT2D eigenvalue weighted by atomic mass is 10.1. The van der Waals surface area contributed by atoms with Gasteiger partial charge in [-0.1, -0.05) is 30.3 Å². The number of aromatic nitrogens is 3. The standard InChI is InChI=1S/C15H14N4O/c1-2-19-9-18-13-12(10-6-4-3-5-7-10)17-8-11(14(13)19)15(16)20/h3-9H,2H2,1H3,(H2,16,20). The molecule has 3 rings (SSSR count). The molecule has 0 aliphatic carbocycles. The molecule has 3 aromatic rings. The number of aryl methyl sites for hydroxylation is 1. The Morgan fingerprint density at radius 2 is 2.00 bits per heavy atom. The third kappa shape index (κ3) is 1.84. The average Bonchev–Trinajstić information content (AvgIpc) is 2.91. The van der Waals surface area contributed by atoms with Crippen molar-refractivity contribution < 1.29 is 4.79 Å². The van der Waals surface area contributed by atoms with Crippen LogP contribution in [0.3, 0.4) is 0 Å². The molecule has 2 aromatic heterocycles. The maximum absolute atomic E-state index is 11.6. The topological polar surface area (TPSA) is 73.8 Å². The number of hydrogen-bond donors (Lipinski definition) is 1. The van der Waals surface area contributed by atoms with E-state index < -0.39 is 5.91 Å². The van der Waals surface area contributed by atoms with Crippen LogP contribution in [0.1, 0.15) is 17.3 Å². The van der Waals surface area contributed by atoms with Crippen LogP contribution in [0.5, 0.6) is 0 Å². The molecule has 0 radical (unpaired) electrons. The van der Waals surface area contributed by atoms with E-state index >= 15 is 0 Å². The third-order valence-electron chi connectivity index (χ3n) is 3.29. The van der Waals surface area contributed by atoms with Crippen LogP contribution in [0.2, 0.25) is 0 Å². The molecular weight excluding hydrogens is 252 g/mol. The first kappa shape index (κ1) is 12.3. The summed E-state index contributed by atoms with van der Waals surface area (Å²) < 4.78 is 1.91. The van der Waals surface area contributed by atoms with Crippen molar-refractivity contribution in [1.29, 1.82) is 0 Å². The second kappa shape index (κ2) is 4.77. The molecule has 0 bridgehead atoms. The van der Waals surface area contributed by atoms with E-state index in [-0.39, 0.29) is 0 Å². The Labute approximate surface area is 116 Å². The van der Waals surface area contributed by atoms with Crippen LogP contribution < -0.4 is 5.73 Å². The Morgan fingerprint density at radius 3 is 2.65 bits per heavy atom. The SMILES string of the molecule is CCn1cnc2c(-c3ccccc3)ncc(C(N)=O)c21. The lowest BCUT2D eigenvalue weighted by molar-refractivity contribution is 0.100. The molecule has 0 saturated heterocycles. The van der Waals surface area contributed by atoms with Crippen molar-refractivity contribution in [3.63, 3.8) is 0 Å². The van der Waals surface area contributed by atoms with Gasteiger partial charge in [0, 0.05) is 18.3 Å². The monoisotopic (exact) mass is 266 g/mol. The first-order valence-electron chi connectivity index (χ1n) is 6.41. The van der Waals surface area contributed by atoms with E-state index in [1.54, 1.807) is 6.33 Å². The minimum absolute atomic E-state index is 0.402. The van der Waals surface area contributed by atoms with E-state index in [2.05, 4.69) is 9.97 Å². The molecule has 0 saturated carbocycles. The number of amides is 1. The predicted molar refractivity (Wildman–Crippen MR) is 77.2 cm³/mol. The minimum atomic E-state index is -0.489. The first-order valence-corrected chi connectivity index (χ1v) is 6.41. The van der Waals surface area contributed by atoms with Crippen LogP contribution in [0.4, 0.5) is 0 Å². The van der Waals surface area contributed by atoms with Crippen LogP contribution >= 0.6 is 0 Å². The number of hydrogen-bond acceptors (Lipinski definition) is 3. The number of fused-ring (bicyclic) bond motifs is 1. The normalized spacial score (nSPS) is 10.8. The van der Waals surface area contributed by atoms with Gasteiger partial charge < -0.3 is 10.3 Å². The highest BCUT2D eigenvalue weighted by molar-refractivity contribution is 6.06. The van der Waals surface area contributed by atoms with Crippen molar-refractivity contribution in [3.8, 4) is 11.3 Å². The van der Waals surface area contributed by atoms with Crippen LogP contribution in [0.25, 0.3) is 22.3 Å². The summed E-state index contributed by atoms with van der Waals surface area (Å²) in [6.07, 6.45) is 3.24. The molecule has 20 heavy (non-hydrogen) atoms. The predicted octanol–water partition coefficient (Wildman–Crippen LogP) is 2.22. The van der Waals surface area contributed by atoms with E-state index in [1.165, 1.54) is 6.20 Å². The molecule has 5 heteroatoms. The van der Waals surface area contributed by atoms with Crippen molar-refractivity contribution in [2.45, 2.75) is 13.5 Å². The van der Waals surface area contributed by atoms with Gasteiger partial charge in [-0.15, -0.1) is 0 Å². The molecule has 0 atom stereocenters. The van der Waals surface area contributed by atoms with E-state index in [1.807, 2.05) is 41.8 Å². The van der Waals surface area contributed by atoms with Crippen LogP contribution in [0.15, 0.2) is 42.9 Å². The average molecular weight is 266 g/mol. The zero-order valence-corrected chi connectivity index (χ0v) is 11.1. The quantitative estimate of drug-likeness (QED) is 0.789. The second-order valence-corrected chi connectivity index (χ2v) is 4.48. The maximum Gasteiger partial charge on any atom is 0.252 e. The number of carbonyl (C=O) groups is 1. The Balaban J connectivity index is 2.35. The summed E-state index contributed by atoms with van der Waals surface area (Å²) in [5, 5.41) is 0. The number of nitrogens with two attached hydrogens (primary N) is 1. The minimum Gasteiger partial charge on any atom is -0.365 e. The Kier molecular flexibility index (Phi) is 2.95. The molecule has 0 aliphatic rings. The molecule has 0 fully saturated rings. The fourth-order valence-electron chi connectivity index (χ4n) is 2.32. The lowest BCUT2D eigenvalue weighted by Gasteiger charge is -2.07. The first-order chi connectivity index (χ1) is 9.72. The molecule has 1 amide bonds. The van der Waals surface area contributed by atoms with Gasteiger partial charge in [0.25, 0.3) is 5.91 Å². The van der Waals surface area contributed by atoms with Gasteiger partial charge in [-0.05, 0) is 6.92 Å². The lowest BCUT2D eigenvalue weighted by Crippen LogP contribution is -2.13. The van der Waals surface area contributed by atoms with Gasteiger partial charge in [0.2, 0.25) is 0 Å². The summed E-state index contributed by atoms with van der Waals surface area (Å²) in [6.45, 7) is 2.71. The van der Waals surface area contributed by atoms with Crippen molar-refractivity contribution in [2.75, 3.05) is 0 Å². The van der Waals surface area contributed by atoms with Gasteiger partial charge in [-0.3, -0.25) is 9.78 Å². The summed E-state index contributed by atoms with van der Waals surface area (Å²) in [6, 6.07) is 9.78. The van der Waals surface area contributed by atoms with Gasteiger partial charge >= 0.3 is 0 Å². The fraction of sp³-hybridized carbons (Fsp3) is 0.133. The zero-order valence-electron chi connectivity index (χ0n) is 11.1. The number of benzene rings is 1. The largest absolute Gasteiger partial charge is 0.365 e. The smallest absolute Gasteiger partial charge is 0.252 e. The van der Waals surface area contributed by atoms with E-state index in [0.29, 0.717) is 11.1 Å². The third-order valence-corrected chi connectivity index (χ3v) is 3.29. The number of rotatable bonds is 3. The van der Waals surface area contributed by atoms with E-state index in [9.17, 15) is 4.79 Å². The summed E-state index contributed by atoms with van der Waals surface area (Å²) in [7, 11) is 0. The van der Waals surface area contributed by atoms with Gasteiger partial charge in [-0.2, -0.15) is 0 Å². The molecule has 0 spiro atoms. The summed E-state index contributed by atoms with van der Waals surface area (Å²) in [4.78, 5) is 20.3. The summed E-state index contributed by atoms with van der Waals surface area (Å²) >= 11 is 0. The van der Waals surface area contributed by atoms with Gasteiger partial charge in [0.15, 0.2) is 0 Å². The van der Waals surface area contributed by atoms with Crippen molar-refractivity contribution >= 4 is 16.9 Å². The highest BCUT2D eigenvalue weighted by Gasteiger charge is 2.17. The molecule has 1 aromatic carbocycles. The van der Waals surface area contributed by atoms with Crippen molar-refractivity contribution in [3.05, 3.63) is 48.4 Å². The van der Waals surface area contributed by atoms with Gasteiger partial charge in [0.1, 0.15) is 5.52 Å². The number of imidazole rings is 1. The second-order valence-electron chi connectivity index (χ2n) is 4.48. The van der Waals surface area contributed by atoms with Crippen molar-refractivity contribution in [1.82, 2.24) is 14.5 Å². The van der Waals surface area contributed by atoms with Gasteiger partial charge in [-0.25, -0.2) is 4.98 Å². The molecule has 0 unspecified atom stereocenters. The van der Waals surface area contributed by atoms with Crippen molar-refractivity contribution in [2.24, 2.45) is 5.73 Å². The van der Waals surface area contributed by atoms with Gasteiger partial charge in [0.05, 0.1) is 23.1 Å². The molecule has 5 nitrogen and oxygen atoms in total. The molecule has 100 valence electrons. The van der Waals surface area contributed by atoms with E-state index in [4.69, 9.17) is 5.73 Å². The van der Waals surface area contributed by atoms with Crippen LogP contribution in [0, 0.1) is 0 Å². The molecule has 2 heterocycles. The maximum atomic E-state index is 11.6. The Morgan fingerprint density at radius 1 is 1.25 bits per heavy atom. The summed E-state index contributed by atoms with van der Waals surface area (Å²) in [5.41, 5.74) is 9.01. The number of nitrogens with zero attached hydrogens (tertiary/aromatic N) is 3. The number of carbonyl (C=O) groups excluding carboxylic acids is 1. The van der Waals surface area contributed by atoms with Crippen LogP contribution in [-0.2, 0) is 6.54 Å².